The van der Waals surface area contributed by atoms with Gasteiger partial charge in [0, 0.05) is 0 Å². The monoisotopic (exact) mass is 383 g/mol. The molecule has 21 heavy (non-hydrogen) atoms. The molecule has 0 saturated heterocycles. The van der Waals surface area contributed by atoms with Crippen molar-refractivity contribution in [2.24, 2.45) is 0 Å². The van der Waals surface area contributed by atoms with E-state index in [1.54, 1.807) is 0 Å². The van der Waals surface area contributed by atoms with Crippen molar-refractivity contribution >= 4 is 47.0 Å². The van der Waals surface area contributed by atoms with Crippen molar-refractivity contribution in [2.75, 3.05) is 12.9 Å². The zero-order chi connectivity index (χ0) is 16.6. The van der Waals surface area contributed by atoms with Gasteiger partial charge >= 0.3 is 0 Å². The van der Waals surface area contributed by atoms with Crippen LogP contribution in [0.25, 0.3) is 0 Å². The Morgan fingerprint density at radius 2 is 1.62 bits per heavy atom. The van der Waals surface area contributed by atoms with Gasteiger partial charge in [0.1, 0.15) is 0 Å². The van der Waals surface area contributed by atoms with Gasteiger partial charge < -0.3 is 8.23 Å². The fraction of sp³-hybridized carbons (Fsp3) is 1.00. The van der Waals surface area contributed by atoms with Crippen LogP contribution < -0.4 is 0 Å². The maximum absolute atomic E-state index is 10.9. The first-order valence-corrected chi connectivity index (χ1v) is 16.6. The summed E-state index contributed by atoms with van der Waals surface area (Å²) in [6.45, 7) is 8.96. The lowest BCUT2D eigenvalue weighted by molar-refractivity contribution is 0.319. The molecule has 0 aromatic heterocycles. The molecule has 0 saturated carbocycles. The molecule has 0 unspecified atom stereocenters. The Labute approximate surface area is 138 Å². The predicted octanol–water partition coefficient (Wildman–Crippen LogP) is 2.31. The van der Waals surface area contributed by atoms with Crippen LogP contribution in [0.1, 0.15) is 12.8 Å². The van der Waals surface area contributed by atoms with Gasteiger partial charge in [0.2, 0.25) is 20.2 Å². The number of hydrogen-bond donors (Lipinski definition) is 0. The molecule has 0 rings (SSSR count). The number of hydrogen-bond acceptors (Lipinski definition) is 5. The summed E-state index contributed by atoms with van der Waals surface area (Å²) in [6.07, 6.45) is 2.94. The molecule has 0 bridgehead atoms. The topological polar surface area (TPSA) is 61.8 Å². The molecule has 0 amide bonds. The third kappa shape index (κ3) is 14.0. The molecule has 0 aromatic rings. The van der Waals surface area contributed by atoms with E-state index in [0.717, 1.165) is 37.2 Å². The SMILES string of the molecule is C[Si](C)(CCC[Si]O[Si](C)(C)CCCOS(C)(=O)=O)O[Si]. The van der Waals surface area contributed by atoms with E-state index in [1.165, 1.54) is 0 Å². The van der Waals surface area contributed by atoms with Crippen molar-refractivity contribution in [2.45, 2.75) is 57.2 Å². The highest BCUT2D eigenvalue weighted by Crippen LogP contribution is 2.17. The maximum Gasteiger partial charge on any atom is 0.264 e. The van der Waals surface area contributed by atoms with Crippen molar-refractivity contribution in [1.82, 2.24) is 0 Å². The van der Waals surface area contributed by atoms with Gasteiger partial charge in [-0.05, 0) is 50.7 Å². The van der Waals surface area contributed by atoms with Gasteiger partial charge in [-0.1, -0.05) is 6.42 Å². The van der Waals surface area contributed by atoms with Crippen LogP contribution in [-0.4, -0.2) is 58.2 Å². The second-order valence-electron chi connectivity index (χ2n) is 6.35. The van der Waals surface area contributed by atoms with E-state index in [-0.39, 0.29) is 6.61 Å². The Kier molecular flexibility index (Phi) is 10.1. The summed E-state index contributed by atoms with van der Waals surface area (Å²) in [4.78, 5) is 0. The maximum atomic E-state index is 10.9. The highest BCUT2D eigenvalue weighted by Gasteiger charge is 2.23. The Morgan fingerprint density at radius 3 is 2.14 bits per heavy atom. The van der Waals surface area contributed by atoms with Crippen LogP contribution in [0.4, 0.5) is 0 Å². The third-order valence-electron chi connectivity index (χ3n) is 2.90. The first kappa shape index (κ1) is 21.7. The lowest BCUT2D eigenvalue weighted by Crippen LogP contribution is -2.32. The smallest absolute Gasteiger partial charge is 0.264 e. The molecule has 0 aliphatic rings. The molecule has 0 aromatic carbocycles. The van der Waals surface area contributed by atoms with Gasteiger partial charge in [-0.15, -0.1) is 0 Å². The van der Waals surface area contributed by atoms with Crippen molar-refractivity contribution in [1.29, 1.82) is 0 Å². The van der Waals surface area contributed by atoms with Gasteiger partial charge in [-0.2, -0.15) is 8.42 Å². The van der Waals surface area contributed by atoms with Crippen LogP contribution in [0, 0.1) is 0 Å². The minimum Gasteiger partial charge on any atom is -0.457 e. The van der Waals surface area contributed by atoms with Gasteiger partial charge in [-0.3, -0.25) is 4.18 Å². The van der Waals surface area contributed by atoms with Crippen LogP contribution in [0.3, 0.4) is 0 Å². The minimum absolute atomic E-state index is 0.254. The van der Waals surface area contributed by atoms with Crippen molar-refractivity contribution in [3.8, 4) is 0 Å². The summed E-state index contributed by atoms with van der Waals surface area (Å²) in [5, 5.41) is 0. The molecule has 0 spiro atoms. The van der Waals surface area contributed by atoms with Crippen LogP contribution in [0.2, 0.25) is 44.3 Å². The van der Waals surface area contributed by atoms with E-state index in [4.69, 9.17) is 12.4 Å². The summed E-state index contributed by atoms with van der Waals surface area (Å²) in [6, 6.07) is 3.11. The lowest BCUT2D eigenvalue weighted by Gasteiger charge is -2.23. The van der Waals surface area contributed by atoms with Crippen LogP contribution in [0.5, 0.6) is 0 Å². The molecule has 0 fully saturated rings. The predicted molar refractivity (Wildman–Crippen MR) is 93.1 cm³/mol. The zero-order valence-corrected chi connectivity index (χ0v) is 18.5. The summed E-state index contributed by atoms with van der Waals surface area (Å²) in [5.41, 5.74) is 0. The molecule has 5 nitrogen and oxygen atoms in total. The van der Waals surface area contributed by atoms with Crippen molar-refractivity contribution < 1.29 is 20.8 Å². The summed E-state index contributed by atoms with van der Waals surface area (Å²) in [5.74, 6) is 0. The van der Waals surface area contributed by atoms with E-state index < -0.39 is 26.8 Å². The molecule has 10 heteroatoms. The Balaban J connectivity index is 3.73. The first-order valence-electron chi connectivity index (χ1n) is 7.07. The van der Waals surface area contributed by atoms with E-state index in [0.29, 0.717) is 9.76 Å². The fourth-order valence-electron chi connectivity index (χ4n) is 1.64. The molecule has 0 atom stereocenters. The molecule has 0 N–H and O–H groups in total. The Morgan fingerprint density at radius 1 is 1.05 bits per heavy atom. The average Bonchev–Trinajstić information content (AvgIpc) is 2.33. The molecular weight excluding hydrogens is 357 g/mol. The zero-order valence-electron chi connectivity index (χ0n) is 13.7. The molecule has 5 radical (unpaired) electrons. The average molecular weight is 384 g/mol. The van der Waals surface area contributed by atoms with Gasteiger partial charge in [0.25, 0.3) is 10.1 Å². The lowest BCUT2D eigenvalue weighted by atomic mass is 10.5. The molecule has 0 aliphatic heterocycles. The number of rotatable bonds is 12. The van der Waals surface area contributed by atoms with Crippen molar-refractivity contribution in [3.05, 3.63) is 0 Å². The van der Waals surface area contributed by atoms with Crippen LogP contribution in [-0.2, 0) is 22.5 Å². The van der Waals surface area contributed by atoms with E-state index in [9.17, 15) is 8.42 Å². The highest BCUT2D eigenvalue weighted by atomic mass is 32.2. The second-order valence-corrected chi connectivity index (χ2v) is 18.5. The standard InChI is InChI=1S/C11H27O5SSi4/c1-17(12,13)14-8-6-10-21(4,5)16-19-9-7-11-20(2,3)15-18/h6-11H2,1-5H3. The third-order valence-corrected chi connectivity index (χ3v) is 12.2. The van der Waals surface area contributed by atoms with Crippen LogP contribution in [0.15, 0.2) is 0 Å². The van der Waals surface area contributed by atoms with E-state index >= 15 is 0 Å². The normalized spacial score (nSPS) is 13.6. The first-order chi connectivity index (χ1) is 9.47. The highest BCUT2D eigenvalue weighted by molar-refractivity contribution is 7.85. The molecular formula is C11H27O5SSi4. The van der Waals surface area contributed by atoms with Crippen LogP contribution >= 0.6 is 0 Å². The molecule has 0 heterocycles. The second kappa shape index (κ2) is 9.75. The van der Waals surface area contributed by atoms with E-state index in [1.807, 2.05) is 0 Å². The Hall–Kier alpha value is 0.698. The Bertz CT molecular complexity index is 386. The quantitative estimate of drug-likeness (QED) is 0.294. The summed E-state index contributed by atoms with van der Waals surface area (Å²) in [7, 11) is -2.85. The van der Waals surface area contributed by atoms with E-state index in [2.05, 4.69) is 36.7 Å². The van der Waals surface area contributed by atoms with Crippen molar-refractivity contribution in [3.63, 3.8) is 0 Å². The molecule has 123 valence electrons. The largest absolute Gasteiger partial charge is 0.457 e. The molecule has 0 aliphatic carbocycles. The van der Waals surface area contributed by atoms with Gasteiger partial charge in [0.15, 0.2) is 16.6 Å². The minimum atomic E-state index is -3.32. The van der Waals surface area contributed by atoms with Gasteiger partial charge in [-0.25, -0.2) is 0 Å². The summed E-state index contributed by atoms with van der Waals surface area (Å²) < 4.78 is 37.8. The summed E-state index contributed by atoms with van der Waals surface area (Å²) >= 11 is 0. The fourth-order valence-corrected chi connectivity index (χ4v) is 7.55. The van der Waals surface area contributed by atoms with Gasteiger partial charge in [0.05, 0.1) is 12.9 Å².